The summed E-state index contributed by atoms with van der Waals surface area (Å²) in [7, 11) is 1.46. The molecule has 144 valence electrons. The summed E-state index contributed by atoms with van der Waals surface area (Å²) in [6.07, 6.45) is 0. The lowest BCUT2D eigenvalue weighted by molar-refractivity contribution is -0.384. The fraction of sp³-hybridized carbons (Fsp3) is 0.0476. The monoisotopic (exact) mass is 389 g/mol. The Hall–Kier alpha value is -4.20. The Morgan fingerprint density at radius 1 is 1.03 bits per heavy atom. The number of nitrogens with zero attached hydrogens (tertiary/aromatic N) is 2. The highest BCUT2D eigenvalue weighted by molar-refractivity contribution is 5.92. The molecule has 0 aliphatic heterocycles. The van der Waals surface area contributed by atoms with Crippen LogP contribution in [0.4, 0.5) is 5.69 Å². The predicted octanol–water partition coefficient (Wildman–Crippen LogP) is 4.37. The van der Waals surface area contributed by atoms with Crippen molar-refractivity contribution in [3.63, 3.8) is 0 Å². The second-order valence-electron chi connectivity index (χ2n) is 6.17. The molecule has 0 amide bonds. The Bertz CT molecular complexity index is 1200. The molecule has 0 fully saturated rings. The number of methoxy groups -OCH3 is 1. The third kappa shape index (κ3) is 3.63. The van der Waals surface area contributed by atoms with Gasteiger partial charge in [-0.1, -0.05) is 18.2 Å². The van der Waals surface area contributed by atoms with E-state index in [9.17, 15) is 14.9 Å². The lowest BCUT2D eigenvalue weighted by Crippen LogP contribution is -2.09. The summed E-state index contributed by atoms with van der Waals surface area (Å²) in [6.45, 7) is 0. The minimum absolute atomic E-state index is 0.0719. The summed E-state index contributed by atoms with van der Waals surface area (Å²) in [5.74, 6) is 0.468. The molecule has 8 nitrogen and oxygen atoms in total. The fourth-order valence-corrected chi connectivity index (χ4v) is 2.89. The van der Waals surface area contributed by atoms with Gasteiger partial charge < -0.3 is 14.5 Å². The smallest absolute Gasteiger partial charge is 0.343 e. The van der Waals surface area contributed by atoms with Crippen LogP contribution in [0.25, 0.3) is 22.4 Å². The van der Waals surface area contributed by atoms with E-state index in [1.54, 1.807) is 18.2 Å². The maximum absolute atomic E-state index is 12.4. The number of nitro benzene ring substituents is 1. The molecule has 3 aromatic carbocycles. The summed E-state index contributed by atoms with van der Waals surface area (Å²) in [6, 6.07) is 18.0. The summed E-state index contributed by atoms with van der Waals surface area (Å²) < 4.78 is 10.7. The average Bonchev–Trinajstić information content (AvgIpc) is 3.18. The summed E-state index contributed by atoms with van der Waals surface area (Å²) in [4.78, 5) is 30.5. The zero-order valence-electron chi connectivity index (χ0n) is 15.3. The zero-order valence-corrected chi connectivity index (χ0v) is 15.3. The van der Waals surface area contributed by atoms with E-state index < -0.39 is 10.9 Å². The first kappa shape index (κ1) is 18.2. The van der Waals surface area contributed by atoms with Gasteiger partial charge in [0.2, 0.25) is 0 Å². The number of hydrogen-bond acceptors (Lipinski definition) is 6. The number of carbonyl (C=O) groups excluding carboxylic acids is 1. The van der Waals surface area contributed by atoms with Gasteiger partial charge in [-0.25, -0.2) is 9.78 Å². The maximum Gasteiger partial charge on any atom is 0.343 e. The van der Waals surface area contributed by atoms with Crippen LogP contribution in [0, 0.1) is 10.1 Å². The van der Waals surface area contributed by atoms with Crippen molar-refractivity contribution in [2.75, 3.05) is 7.11 Å². The number of H-pyrrole nitrogens is 1. The number of aromatic amines is 1. The molecule has 29 heavy (non-hydrogen) atoms. The van der Waals surface area contributed by atoms with Gasteiger partial charge in [0.15, 0.2) is 11.5 Å². The number of nitrogens with one attached hydrogen (secondary N) is 1. The van der Waals surface area contributed by atoms with E-state index >= 15 is 0 Å². The first-order valence-corrected chi connectivity index (χ1v) is 8.65. The largest absolute Gasteiger partial charge is 0.493 e. The van der Waals surface area contributed by atoms with Crippen molar-refractivity contribution >= 4 is 22.7 Å². The summed E-state index contributed by atoms with van der Waals surface area (Å²) >= 11 is 0. The van der Waals surface area contributed by atoms with Crippen molar-refractivity contribution in [3.8, 4) is 22.9 Å². The van der Waals surface area contributed by atoms with Gasteiger partial charge in [-0.15, -0.1) is 0 Å². The number of carbonyl (C=O) groups is 1. The van der Waals surface area contributed by atoms with E-state index in [0.29, 0.717) is 11.6 Å². The molecule has 0 radical (unpaired) electrons. The highest BCUT2D eigenvalue weighted by Crippen LogP contribution is 2.33. The Morgan fingerprint density at radius 3 is 2.62 bits per heavy atom. The zero-order chi connectivity index (χ0) is 20.4. The average molecular weight is 389 g/mol. The molecule has 4 aromatic rings. The number of non-ortho nitro benzene ring substituents is 1. The molecule has 1 aromatic heterocycles. The van der Waals surface area contributed by atoms with Crippen molar-refractivity contribution in [3.05, 3.63) is 82.4 Å². The van der Waals surface area contributed by atoms with Crippen LogP contribution in [0.3, 0.4) is 0 Å². The number of imidazole rings is 1. The molecule has 4 rings (SSSR count). The number of aromatic nitrogens is 2. The van der Waals surface area contributed by atoms with Crippen LogP contribution in [0.5, 0.6) is 11.5 Å². The van der Waals surface area contributed by atoms with E-state index in [1.807, 2.05) is 24.3 Å². The first-order valence-electron chi connectivity index (χ1n) is 8.65. The number of para-hydroxylation sites is 2. The molecule has 0 atom stereocenters. The van der Waals surface area contributed by atoms with Gasteiger partial charge in [0.1, 0.15) is 5.82 Å². The van der Waals surface area contributed by atoms with Crippen LogP contribution in [-0.4, -0.2) is 28.0 Å². The highest BCUT2D eigenvalue weighted by Gasteiger charge is 2.17. The standard InChI is InChI=1S/C21H15N3O5/c1-28-19-12-13(20-22-16-7-2-3-8-17(16)23-20)9-10-18(19)29-21(25)14-5-4-6-15(11-14)24(26)27/h2-12H,1H3,(H,22,23). The minimum Gasteiger partial charge on any atom is -0.493 e. The van der Waals surface area contributed by atoms with Crippen LogP contribution < -0.4 is 9.47 Å². The molecular formula is C21H15N3O5. The predicted molar refractivity (Wildman–Crippen MR) is 106 cm³/mol. The molecule has 0 unspecified atom stereocenters. The normalized spacial score (nSPS) is 10.7. The van der Waals surface area contributed by atoms with E-state index in [2.05, 4.69) is 9.97 Å². The number of rotatable bonds is 5. The molecule has 0 spiro atoms. The van der Waals surface area contributed by atoms with Crippen molar-refractivity contribution in [1.29, 1.82) is 0 Å². The number of benzene rings is 3. The molecule has 1 N–H and O–H groups in total. The Kier molecular flexibility index (Phi) is 4.66. The highest BCUT2D eigenvalue weighted by atomic mass is 16.6. The van der Waals surface area contributed by atoms with E-state index in [0.717, 1.165) is 22.7 Å². The third-order valence-electron chi connectivity index (χ3n) is 4.32. The molecule has 0 saturated heterocycles. The van der Waals surface area contributed by atoms with Crippen LogP contribution >= 0.6 is 0 Å². The van der Waals surface area contributed by atoms with Gasteiger partial charge >= 0.3 is 5.97 Å². The van der Waals surface area contributed by atoms with Crippen molar-refractivity contribution in [2.45, 2.75) is 0 Å². The molecule has 1 heterocycles. The van der Waals surface area contributed by atoms with Crippen molar-refractivity contribution in [2.24, 2.45) is 0 Å². The van der Waals surface area contributed by atoms with Crippen LogP contribution in [0.1, 0.15) is 10.4 Å². The quantitative estimate of drug-likeness (QED) is 0.235. The van der Waals surface area contributed by atoms with Crippen LogP contribution in [-0.2, 0) is 0 Å². The summed E-state index contributed by atoms with van der Waals surface area (Å²) in [5, 5.41) is 10.9. The first-order chi connectivity index (χ1) is 14.0. The second kappa shape index (κ2) is 7.43. The maximum atomic E-state index is 12.4. The second-order valence-corrected chi connectivity index (χ2v) is 6.17. The molecule has 0 aliphatic rings. The van der Waals surface area contributed by atoms with Gasteiger partial charge in [0.05, 0.1) is 28.6 Å². The van der Waals surface area contributed by atoms with Crippen molar-refractivity contribution < 1.29 is 19.2 Å². The number of hydrogen-bond donors (Lipinski definition) is 1. The fourth-order valence-electron chi connectivity index (χ4n) is 2.89. The van der Waals surface area contributed by atoms with Crippen LogP contribution in [0.15, 0.2) is 66.7 Å². The molecule has 0 saturated carbocycles. The lowest BCUT2D eigenvalue weighted by atomic mass is 10.2. The van der Waals surface area contributed by atoms with E-state index in [4.69, 9.17) is 9.47 Å². The number of fused-ring (bicyclic) bond motifs is 1. The van der Waals surface area contributed by atoms with Gasteiger partial charge in [0.25, 0.3) is 5.69 Å². The topological polar surface area (TPSA) is 107 Å². The van der Waals surface area contributed by atoms with E-state index in [1.165, 1.54) is 25.3 Å². The summed E-state index contributed by atoms with van der Waals surface area (Å²) in [5.41, 5.74) is 2.38. The van der Waals surface area contributed by atoms with Gasteiger partial charge in [0, 0.05) is 17.7 Å². The Labute approximate surface area is 164 Å². The third-order valence-corrected chi connectivity index (χ3v) is 4.32. The van der Waals surface area contributed by atoms with Crippen LogP contribution in [0.2, 0.25) is 0 Å². The van der Waals surface area contributed by atoms with Gasteiger partial charge in [-0.2, -0.15) is 0 Å². The Balaban J connectivity index is 1.62. The van der Waals surface area contributed by atoms with E-state index in [-0.39, 0.29) is 17.0 Å². The lowest BCUT2D eigenvalue weighted by Gasteiger charge is -2.10. The minimum atomic E-state index is -0.719. The number of ether oxygens (including phenoxy) is 2. The van der Waals surface area contributed by atoms with Crippen molar-refractivity contribution in [1.82, 2.24) is 9.97 Å². The molecular weight excluding hydrogens is 374 g/mol. The molecule has 0 aliphatic carbocycles. The van der Waals surface area contributed by atoms with Gasteiger partial charge in [-0.05, 0) is 36.4 Å². The Morgan fingerprint density at radius 2 is 1.86 bits per heavy atom. The molecule has 8 heteroatoms. The van der Waals surface area contributed by atoms with Gasteiger partial charge in [-0.3, -0.25) is 10.1 Å². The number of nitro groups is 1. The SMILES string of the molecule is COc1cc(-c2nc3ccccc3[nH]2)ccc1OC(=O)c1cccc([N+](=O)[O-])c1. The number of esters is 1. The molecule has 0 bridgehead atoms.